The third kappa shape index (κ3) is 30.0. The van der Waals surface area contributed by atoms with Crippen molar-refractivity contribution in [3.8, 4) is 0 Å². The molecule has 89 heavy (non-hydrogen) atoms. The first-order valence-corrected chi connectivity index (χ1v) is 34.2. The van der Waals surface area contributed by atoms with Gasteiger partial charge in [0.2, 0.25) is 11.8 Å². The fourth-order valence-corrected chi connectivity index (χ4v) is 11.9. The number of aliphatic hydroxyl groups is 11. The van der Waals surface area contributed by atoms with E-state index in [9.17, 15) is 75.7 Å². The van der Waals surface area contributed by atoms with Crippen molar-refractivity contribution < 1.29 is 104 Å². The lowest BCUT2D eigenvalue weighted by Crippen LogP contribution is -2.70. The van der Waals surface area contributed by atoms with Crippen molar-refractivity contribution >= 4 is 17.8 Å². The number of aliphatic carboxylic acids is 1. The molecule has 520 valence electrons. The van der Waals surface area contributed by atoms with Crippen molar-refractivity contribution in [2.24, 2.45) is 0 Å². The molecule has 0 spiro atoms. The van der Waals surface area contributed by atoms with Gasteiger partial charge in [0.15, 0.2) is 12.6 Å². The zero-order chi connectivity index (χ0) is 65.4. The van der Waals surface area contributed by atoms with Crippen LogP contribution >= 0.6 is 0 Å². The minimum atomic E-state index is -3.08. The van der Waals surface area contributed by atoms with Crippen molar-refractivity contribution in [3.63, 3.8) is 0 Å². The van der Waals surface area contributed by atoms with Gasteiger partial charge < -0.3 is 100 Å². The normalized spacial score (nSPS) is 28.9. The monoisotopic (exact) mass is 1280 g/mol. The molecule has 23 heteroatoms. The zero-order valence-electron chi connectivity index (χ0n) is 54.0. The van der Waals surface area contributed by atoms with Crippen LogP contribution in [0.4, 0.5) is 0 Å². The molecule has 0 saturated carbocycles. The highest BCUT2D eigenvalue weighted by Gasteiger charge is 2.60. The first-order chi connectivity index (χ1) is 42.9. The lowest BCUT2D eigenvalue weighted by Gasteiger charge is -2.50. The number of ether oxygens (including phenoxy) is 6. The summed E-state index contributed by atoms with van der Waals surface area (Å²) in [5.41, 5.74) is 0. The topological polar surface area (TPSA) is 373 Å². The molecule has 3 aliphatic heterocycles. The average molecular weight is 1280 g/mol. The smallest absolute Gasteiger partial charge is 0.364 e. The molecule has 0 aromatic heterocycles. The van der Waals surface area contributed by atoms with E-state index < -0.39 is 148 Å². The van der Waals surface area contributed by atoms with Crippen molar-refractivity contribution in [1.29, 1.82) is 0 Å². The summed E-state index contributed by atoms with van der Waals surface area (Å²) < 4.78 is 34.8. The minimum Gasteiger partial charge on any atom is -0.477 e. The number of carboxylic acids is 1. The van der Waals surface area contributed by atoms with Gasteiger partial charge >= 0.3 is 5.97 Å². The summed E-state index contributed by atoms with van der Waals surface area (Å²) in [4.78, 5) is 38.5. The molecule has 18 unspecified atom stereocenters. The molecule has 3 aliphatic rings. The number of unbranched alkanes of at least 4 members (excludes halogenated alkanes) is 27. The van der Waals surface area contributed by atoms with Gasteiger partial charge in [-0.25, -0.2) is 4.79 Å². The van der Waals surface area contributed by atoms with Crippen LogP contribution in [0.3, 0.4) is 0 Å². The number of rotatable bonds is 51. The van der Waals surface area contributed by atoms with Gasteiger partial charge in [-0.05, 0) is 44.9 Å². The lowest BCUT2D eigenvalue weighted by molar-refractivity contribution is -0.386. The van der Waals surface area contributed by atoms with Crippen LogP contribution < -0.4 is 10.6 Å². The molecule has 0 radical (unpaired) electrons. The van der Waals surface area contributed by atoms with Crippen molar-refractivity contribution in [2.45, 2.75) is 349 Å². The fraction of sp³-hybridized carbons (Fsp3) is 0.894. The number of carboxylic acid groups (broad SMARTS) is 1. The summed E-state index contributed by atoms with van der Waals surface area (Å²) in [6.07, 6.45) is 16.4. The number of carbonyl (C=O) groups is 3. The van der Waals surface area contributed by atoms with Gasteiger partial charge in [0.05, 0.1) is 50.7 Å². The van der Waals surface area contributed by atoms with E-state index in [1.54, 1.807) is 0 Å². The number of nitrogens with one attached hydrogen (secondary N) is 2. The van der Waals surface area contributed by atoms with Crippen LogP contribution in [0, 0.1) is 0 Å². The molecule has 0 aromatic carbocycles. The maximum Gasteiger partial charge on any atom is 0.364 e. The zero-order valence-corrected chi connectivity index (χ0v) is 54.0. The van der Waals surface area contributed by atoms with Gasteiger partial charge in [-0.15, -0.1) is 0 Å². The minimum absolute atomic E-state index is 0.218. The quantitative estimate of drug-likeness (QED) is 0.0257. The Kier molecular flexibility index (Phi) is 42.6. The van der Waals surface area contributed by atoms with Gasteiger partial charge in [0.1, 0.15) is 67.1 Å². The number of hydrogen-bond acceptors (Lipinski definition) is 20. The number of allylic oxidation sites excluding steroid dienone is 4. The van der Waals surface area contributed by atoms with E-state index >= 15 is 0 Å². The van der Waals surface area contributed by atoms with Gasteiger partial charge in [-0.1, -0.05) is 199 Å². The molecule has 14 N–H and O–H groups in total. The molecular weight excluding hydrogens is 1160 g/mol. The van der Waals surface area contributed by atoms with Gasteiger partial charge in [-0.3, -0.25) is 9.59 Å². The van der Waals surface area contributed by atoms with Crippen LogP contribution in [0.15, 0.2) is 24.3 Å². The predicted octanol–water partition coefficient (Wildman–Crippen LogP) is 5.67. The van der Waals surface area contributed by atoms with Crippen LogP contribution in [0.5, 0.6) is 0 Å². The molecule has 2 amide bonds. The largest absolute Gasteiger partial charge is 0.477 e. The van der Waals surface area contributed by atoms with Crippen molar-refractivity contribution in [2.75, 3.05) is 26.4 Å². The second kappa shape index (κ2) is 47.1. The molecule has 0 bridgehead atoms. The third-order valence-electron chi connectivity index (χ3n) is 17.4. The van der Waals surface area contributed by atoms with E-state index in [1.807, 2.05) is 0 Å². The number of aliphatic hydroxyl groups excluding tert-OH is 11. The Hall–Kier alpha value is -2.79. The van der Waals surface area contributed by atoms with E-state index in [-0.39, 0.29) is 18.9 Å². The molecule has 3 rings (SSSR count). The number of amides is 2. The highest BCUT2D eigenvalue weighted by Crippen LogP contribution is 2.39. The van der Waals surface area contributed by atoms with Crippen LogP contribution in [0.2, 0.25) is 0 Å². The fourth-order valence-electron chi connectivity index (χ4n) is 11.9. The SMILES string of the molecule is CCCCCCCCCCC/C=C\C/C=C\CCCCCCCCCCCC(=O)NC(COC1OC(CO)C(OC2OC(CO)C(O)C(OC3(C(=O)O)CC(O)C(NC(C)=O)C(C(O)C(O)CO)O3)C2O)C(O)C1O)C(O)CCCCCCCCCCCC. The van der Waals surface area contributed by atoms with E-state index in [0.29, 0.717) is 19.3 Å². The van der Waals surface area contributed by atoms with Gasteiger partial charge in [0, 0.05) is 19.8 Å². The number of hydrogen-bond donors (Lipinski definition) is 14. The second-order valence-electron chi connectivity index (χ2n) is 25.0. The van der Waals surface area contributed by atoms with Crippen LogP contribution in [-0.2, 0) is 42.8 Å². The maximum absolute atomic E-state index is 13.4. The van der Waals surface area contributed by atoms with E-state index in [4.69, 9.17) is 28.4 Å². The Morgan fingerprint density at radius 2 is 1.08 bits per heavy atom. The Bertz CT molecular complexity index is 1900. The summed E-state index contributed by atoms with van der Waals surface area (Å²) in [6, 6.07) is -2.53. The lowest BCUT2D eigenvalue weighted by atomic mass is 9.88. The first-order valence-electron chi connectivity index (χ1n) is 34.2. The molecule has 0 aromatic rings. The highest BCUT2D eigenvalue weighted by molar-refractivity contribution is 5.77. The standard InChI is InChI=1S/C66H120N2O21/c1-4-6-8-10-12-14-16-17-18-19-20-21-22-23-24-25-26-27-28-29-30-32-34-36-38-40-53(76)68-47(48(73)39-37-35-33-31-15-13-11-9-7-5-2)45-84-63-58(80)57(79)60(52(44-71)86-63)87-64-59(81)62(56(78)51(43-70)85-64)89-66(65(82)83)41-49(74)54(67-46(3)72)61(88-66)55(77)50(75)42-69/h20-21,23-24,47-52,54-64,69-71,73-75,77-81H,4-19,22,25-45H2,1-3H3,(H,67,72)(H,68,76)(H,82,83)/b21-20-,24-23-. The summed E-state index contributed by atoms with van der Waals surface area (Å²) in [7, 11) is 0. The molecule has 18 atom stereocenters. The Labute approximate surface area is 530 Å². The molecule has 3 heterocycles. The van der Waals surface area contributed by atoms with Crippen molar-refractivity contribution in [3.05, 3.63) is 24.3 Å². The average Bonchev–Trinajstić information content (AvgIpc) is 1.04. The van der Waals surface area contributed by atoms with Crippen molar-refractivity contribution in [1.82, 2.24) is 10.6 Å². The molecule has 3 saturated heterocycles. The first kappa shape index (κ1) is 80.4. The molecule has 23 nitrogen and oxygen atoms in total. The van der Waals surface area contributed by atoms with Gasteiger partial charge in [0.25, 0.3) is 5.79 Å². The summed E-state index contributed by atoms with van der Waals surface area (Å²) in [5.74, 6) is -6.11. The number of carbonyl (C=O) groups excluding carboxylic acids is 2. The second-order valence-corrected chi connectivity index (χ2v) is 25.0. The predicted molar refractivity (Wildman–Crippen MR) is 334 cm³/mol. The summed E-state index contributed by atoms with van der Waals surface area (Å²) >= 11 is 0. The van der Waals surface area contributed by atoms with Crippen LogP contribution in [0.25, 0.3) is 0 Å². The van der Waals surface area contributed by atoms with E-state index in [1.165, 1.54) is 122 Å². The molecule has 0 aliphatic carbocycles. The maximum atomic E-state index is 13.4. The third-order valence-corrected chi connectivity index (χ3v) is 17.4. The molecular formula is C66H120N2O21. The Morgan fingerprint density at radius 1 is 0.584 bits per heavy atom. The summed E-state index contributed by atoms with van der Waals surface area (Å²) in [5, 5.41) is 136. The van der Waals surface area contributed by atoms with E-state index in [0.717, 1.165) is 71.1 Å². The Balaban J connectivity index is 1.54. The Morgan fingerprint density at radius 3 is 1.57 bits per heavy atom. The van der Waals surface area contributed by atoms with Crippen LogP contribution in [-0.4, -0.2) is 215 Å². The van der Waals surface area contributed by atoms with Crippen LogP contribution in [0.1, 0.15) is 239 Å². The van der Waals surface area contributed by atoms with Gasteiger partial charge in [-0.2, -0.15) is 0 Å². The summed E-state index contributed by atoms with van der Waals surface area (Å²) in [6.45, 7) is 2.16. The van der Waals surface area contributed by atoms with E-state index in [2.05, 4.69) is 48.8 Å². The highest BCUT2D eigenvalue weighted by atomic mass is 16.8. The molecule has 3 fully saturated rings.